The molecule has 1 aromatic carbocycles. The molecule has 3 heterocycles. The minimum Gasteiger partial charge on any atom is -0.463 e. The van der Waals surface area contributed by atoms with Crippen LogP contribution in [0.5, 0.6) is 0 Å². The van der Waals surface area contributed by atoms with Crippen molar-refractivity contribution in [2.24, 2.45) is 0 Å². The molecule has 0 bridgehead atoms. The van der Waals surface area contributed by atoms with Crippen molar-refractivity contribution < 1.29 is 18.4 Å². The second-order valence-corrected chi connectivity index (χ2v) is 8.89. The first kappa shape index (κ1) is 19.8. The number of fused-ring (bicyclic) bond motifs is 3. The molecule has 5 rings (SSSR count). The van der Waals surface area contributed by atoms with Crippen LogP contribution < -0.4 is 5.32 Å². The number of aromatic nitrogens is 1. The Hall–Kier alpha value is -3.09. The van der Waals surface area contributed by atoms with Crippen LogP contribution in [0.15, 0.2) is 47.1 Å². The fraction of sp³-hybridized carbons (Fsp3) is 0.417. The van der Waals surface area contributed by atoms with E-state index in [0.717, 1.165) is 31.2 Å². The van der Waals surface area contributed by atoms with E-state index in [1.807, 2.05) is 10.6 Å². The Kier molecular flexibility index (Phi) is 4.84. The van der Waals surface area contributed by atoms with Crippen LogP contribution in [0.2, 0.25) is 0 Å². The second-order valence-electron chi connectivity index (χ2n) is 8.89. The third-order valence-electron chi connectivity index (χ3n) is 6.71. The molecule has 31 heavy (non-hydrogen) atoms. The highest BCUT2D eigenvalue weighted by molar-refractivity contribution is 6.02. The number of furan rings is 1. The quantitative estimate of drug-likeness (QED) is 0.683. The Morgan fingerprint density at radius 3 is 2.81 bits per heavy atom. The van der Waals surface area contributed by atoms with E-state index in [1.165, 1.54) is 18.6 Å². The van der Waals surface area contributed by atoms with Crippen molar-refractivity contribution in [3.63, 3.8) is 0 Å². The molecule has 2 aliphatic rings. The molecule has 0 unspecified atom stereocenters. The molecule has 1 fully saturated rings. The van der Waals surface area contributed by atoms with Gasteiger partial charge in [-0.2, -0.15) is 0 Å². The predicted octanol–water partition coefficient (Wildman–Crippen LogP) is 4.24. The Morgan fingerprint density at radius 2 is 2.03 bits per heavy atom. The number of hydrogen-bond donors (Lipinski definition) is 1. The van der Waals surface area contributed by atoms with Gasteiger partial charge in [-0.1, -0.05) is 31.4 Å². The number of amides is 2. The smallest absolute Gasteiger partial charge is 0.271 e. The van der Waals surface area contributed by atoms with E-state index in [-0.39, 0.29) is 30.2 Å². The molecule has 1 atom stereocenters. The zero-order chi connectivity index (χ0) is 21.6. The monoisotopic (exact) mass is 423 g/mol. The van der Waals surface area contributed by atoms with Gasteiger partial charge in [0.2, 0.25) is 5.91 Å². The molecule has 2 aromatic heterocycles. The molecular weight excluding hydrogens is 397 g/mol. The summed E-state index contributed by atoms with van der Waals surface area (Å²) in [6.45, 7) is 2.26. The lowest BCUT2D eigenvalue weighted by Crippen LogP contribution is -2.64. The van der Waals surface area contributed by atoms with Crippen LogP contribution in [-0.2, 0) is 17.9 Å². The number of carbonyl (C=O) groups is 2. The van der Waals surface area contributed by atoms with Gasteiger partial charge in [-0.05, 0) is 37.5 Å². The lowest BCUT2D eigenvalue weighted by atomic mass is 9.91. The van der Waals surface area contributed by atoms with E-state index in [9.17, 15) is 14.0 Å². The minimum atomic E-state index is -1.11. The topological polar surface area (TPSA) is 67.5 Å². The van der Waals surface area contributed by atoms with Gasteiger partial charge in [0.1, 0.15) is 17.1 Å². The Morgan fingerprint density at radius 1 is 1.23 bits per heavy atom. The predicted molar refractivity (Wildman–Crippen MR) is 114 cm³/mol. The number of hydrogen-bond acceptors (Lipinski definition) is 3. The summed E-state index contributed by atoms with van der Waals surface area (Å²) in [5.41, 5.74) is 1.43. The standard InChI is InChI=1S/C24H26FN3O3/c1-24(23(30)26-18-8-3-2-4-9-18)15-27-19-10-11-31-21(19)13-20(27)22(29)28(24)14-16-6-5-7-17(25)12-16/h5-7,10-13,18H,2-4,8-9,14-15H2,1H3,(H,26,30)/t24-/m1/s1. The fourth-order valence-electron chi connectivity index (χ4n) is 4.93. The molecule has 0 spiro atoms. The highest BCUT2D eigenvalue weighted by Gasteiger charge is 2.48. The van der Waals surface area contributed by atoms with Gasteiger partial charge in [-0.15, -0.1) is 0 Å². The Balaban J connectivity index is 1.53. The highest BCUT2D eigenvalue weighted by atomic mass is 19.1. The molecule has 162 valence electrons. The van der Waals surface area contributed by atoms with Gasteiger partial charge < -0.3 is 19.2 Å². The minimum absolute atomic E-state index is 0.129. The SMILES string of the molecule is C[C@]1(C(=O)NC2CCCCC2)Cn2c(cc3occc32)C(=O)N1Cc1cccc(F)c1. The molecule has 6 nitrogen and oxygen atoms in total. The van der Waals surface area contributed by atoms with Gasteiger partial charge in [-0.25, -0.2) is 4.39 Å². The van der Waals surface area contributed by atoms with Crippen molar-refractivity contribution in [2.45, 2.75) is 63.7 Å². The molecule has 0 saturated heterocycles. The average Bonchev–Trinajstić information content (AvgIpc) is 3.34. The van der Waals surface area contributed by atoms with Crippen LogP contribution in [0.3, 0.4) is 0 Å². The summed E-state index contributed by atoms with van der Waals surface area (Å²) in [5, 5.41) is 3.20. The highest BCUT2D eigenvalue weighted by Crippen LogP contribution is 2.34. The van der Waals surface area contributed by atoms with E-state index in [4.69, 9.17) is 4.42 Å². The first-order chi connectivity index (χ1) is 15.0. The molecule has 1 saturated carbocycles. The Bertz CT molecular complexity index is 1140. The maximum atomic E-state index is 13.8. The molecular formula is C24H26FN3O3. The van der Waals surface area contributed by atoms with E-state index in [2.05, 4.69) is 5.32 Å². The lowest BCUT2D eigenvalue weighted by molar-refractivity contribution is -0.134. The molecule has 3 aromatic rings. The van der Waals surface area contributed by atoms with Gasteiger partial charge in [0, 0.05) is 24.7 Å². The number of rotatable bonds is 4. The largest absolute Gasteiger partial charge is 0.463 e. The van der Waals surface area contributed by atoms with Crippen LogP contribution in [0, 0.1) is 5.82 Å². The number of halogens is 1. The summed E-state index contributed by atoms with van der Waals surface area (Å²) in [5.74, 6) is -0.792. The molecule has 2 amide bonds. The van der Waals surface area contributed by atoms with Gasteiger partial charge in [0.15, 0.2) is 5.58 Å². The van der Waals surface area contributed by atoms with Crippen molar-refractivity contribution in [1.29, 1.82) is 0 Å². The number of benzene rings is 1. The van der Waals surface area contributed by atoms with Crippen LogP contribution in [0.1, 0.15) is 55.1 Å². The summed E-state index contributed by atoms with van der Waals surface area (Å²) in [6.07, 6.45) is 6.90. The Labute approximate surface area is 180 Å². The van der Waals surface area contributed by atoms with Crippen LogP contribution in [-0.4, -0.2) is 32.9 Å². The maximum absolute atomic E-state index is 13.8. The third kappa shape index (κ3) is 3.42. The van der Waals surface area contributed by atoms with Crippen LogP contribution in [0.4, 0.5) is 4.39 Å². The molecule has 1 aliphatic heterocycles. The van der Waals surface area contributed by atoms with Gasteiger partial charge in [0.05, 0.1) is 18.3 Å². The first-order valence-corrected chi connectivity index (χ1v) is 10.9. The zero-order valence-electron chi connectivity index (χ0n) is 17.6. The van der Waals surface area contributed by atoms with Crippen molar-refractivity contribution in [3.8, 4) is 0 Å². The van der Waals surface area contributed by atoms with Crippen LogP contribution in [0.25, 0.3) is 11.1 Å². The van der Waals surface area contributed by atoms with E-state index in [0.29, 0.717) is 23.4 Å². The normalized spacial score (nSPS) is 22.0. The number of nitrogens with one attached hydrogen (secondary N) is 1. The van der Waals surface area contributed by atoms with Crippen LogP contribution >= 0.6 is 0 Å². The number of carbonyl (C=O) groups excluding carboxylic acids is 2. The summed E-state index contributed by atoms with van der Waals surface area (Å²) < 4.78 is 21.2. The van der Waals surface area contributed by atoms with Crippen molar-refractivity contribution >= 4 is 22.9 Å². The molecule has 1 N–H and O–H groups in total. The first-order valence-electron chi connectivity index (χ1n) is 10.9. The lowest BCUT2D eigenvalue weighted by Gasteiger charge is -2.44. The van der Waals surface area contributed by atoms with Crippen molar-refractivity contribution in [3.05, 3.63) is 59.7 Å². The van der Waals surface area contributed by atoms with Gasteiger partial charge in [-0.3, -0.25) is 9.59 Å². The molecule has 1 aliphatic carbocycles. The van der Waals surface area contributed by atoms with E-state index < -0.39 is 5.54 Å². The number of nitrogens with zero attached hydrogens (tertiary/aromatic N) is 2. The van der Waals surface area contributed by atoms with Gasteiger partial charge >= 0.3 is 0 Å². The fourth-order valence-corrected chi connectivity index (χ4v) is 4.93. The second kappa shape index (κ2) is 7.55. The molecule has 0 radical (unpaired) electrons. The third-order valence-corrected chi connectivity index (χ3v) is 6.71. The average molecular weight is 423 g/mol. The maximum Gasteiger partial charge on any atom is 0.271 e. The van der Waals surface area contributed by atoms with Crippen molar-refractivity contribution in [2.75, 3.05) is 0 Å². The summed E-state index contributed by atoms with van der Waals surface area (Å²) in [7, 11) is 0. The summed E-state index contributed by atoms with van der Waals surface area (Å²) >= 11 is 0. The molecule has 7 heteroatoms. The zero-order valence-corrected chi connectivity index (χ0v) is 17.6. The summed E-state index contributed by atoms with van der Waals surface area (Å²) in [4.78, 5) is 28.7. The van der Waals surface area contributed by atoms with E-state index in [1.54, 1.807) is 36.3 Å². The summed E-state index contributed by atoms with van der Waals surface area (Å²) in [6, 6.07) is 9.83. The van der Waals surface area contributed by atoms with Gasteiger partial charge in [0.25, 0.3) is 5.91 Å². The van der Waals surface area contributed by atoms with E-state index >= 15 is 0 Å². The van der Waals surface area contributed by atoms with Crippen molar-refractivity contribution in [1.82, 2.24) is 14.8 Å².